The fourth-order valence-electron chi connectivity index (χ4n) is 4.52. The number of piperidine rings is 1. The van der Waals surface area contributed by atoms with Crippen molar-refractivity contribution in [3.8, 4) is 5.75 Å². The first-order valence-corrected chi connectivity index (χ1v) is 11.3. The van der Waals surface area contributed by atoms with Crippen molar-refractivity contribution in [2.24, 2.45) is 0 Å². The third-order valence-electron chi connectivity index (χ3n) is 5.88. The third kappa shape index (κ3) is 3.97. The first-order chi connectivity index (χ1) is 14.5. The number of carbonyl (C=O) groups excluding carboxylic acids is 1. The number of carbonyl (C=O) groups is 1. The van der Waals surface area contributed by atoms with Gasteiger partial charge in [-0.2, -0.15) is 0 Å². The Bertz CT molecular complexity index is 1010. The van der Waals surface area contributed by atoms with Crippen molar-refractivity contribution in [1.82, 2.24) is 9.88 Å². The lowest BCUT2D eigenvalue weighted by molar-refractivity contribution is 0.104. The maximum absolute atomic E-state index is 12.2. The van der Waals surface area contributed by atoms with Crippen LogP contribution in [-0.4, -0.2) is 42.8 Å². The summed E-state index contributed by atoms with van der Waals surface area (Å²) >= 11 is 3.58. The maximum atomic E-state index is 12.2. The Morgan fingerprint density at radius 1 is 1.13 bits per heavy atom. The molecule has 0 spiro atoms. The molecule has 0 saturated carbocycles. The summed E-state index contributed by atoms with van der Waals surface area (Å²) in [6.45, 7) is 5.67. The van der Waals surface area contributed by atoms with Crippen LogP contribution in [0.3, 0.4) is 0 Å². The van der Waals surface area contributed by atoms with Crippen molar-refractivity contribution < 1.29 is 14.3 Å². The van der Waals surface area contributed by atoms with Crippen LogP contribution in [0.15, 0.2) is 34.4 Å². The largest absolute Gasteiger partial charge is 0.496 e. The summed E-state index contributed by atoms with van der Waals surface area (Å²) in [5, 5.41) is 0. The van der Waals surface area contributed by atoms with Crippen molar-refractivity contribution in [2.45, 2.75) is 39.5 Å². The molecule has 30 heavy (non-hydrogen) atoms. The number of hydrogen-bond donors (Lipinski definition) is 0. The Labute approximate surface area is 186 Å². The van der Waals surface area contributed by atoms with Gasteiger partial charge in [-0.3, -0.25) is 4.98 Å². The zero-order chi connectivity index (χ0) is 21.3. The molecule has 4 rings (SSSR count). The van der Waals surface area contributed by atoms with Crippen molar-refractivity contribution in [3.05, 3.63) is 62.4 Å². The van der Waals surface area contributed by atoms with Gasteiger partial charge < -0.3 is 14.4 Å². The van der Waals surface area contributed by atoms with E-state index in [1.54, 1.807) is 12.0 Å². The van der Waals surface area contributed by atoms with Gasteiger partial charge in [0, 0.05) is 34.9 Å². The fraction of sp³-hybridized carbons (Fsp3) is 0.417. The molecule has 2 heterocycles. The number of amides is 1. The van der Waals surface area contributed by atoms with Crippen molar-refractivity contribution in [3.63, 3.8) is 0 Å². The van der Waals surface area contributed by atoms with E-state index in [1.807, 2.05) is 13.1 Å². The van der Waals surface area contributed by atoms with E-state index in [2.05, 4.69) is 41.1 Å². The first-order valence-electron chi connectivity index (χ1n) is 10.5. The molecular formula is C24H27BrN2O3. The molecule has 5 nitrogen and oxygen atoms in total. The van der Waals surface area contributed by atoms with Crippen LogP contribution in [-0.2, 0) is 17.6 Å². The first kappa shape index (κ1) is 20.9. The summed E-state index contributed by atoms with van der Waals surface area (Å²) in [4.78, 5) is 18.8. The predicted octanol–water partition coefficient (Wildman–Crippen LogP) is 5.31. The van der Waals surface area contributed by atoms with E-state index >= 15 is 0 Å². The normalized spacial score (nSPS) is 15.9. The smallest absolute Gasteiger partial charge is 0.409 e. The molecule has 1 aliphatic heterocycles. The molecule has 0 bridgehead atoms. The van der Waals surface area contributed by atoms with E-state index in [0.29, 0.717) is 19.7 Å². The summed E-state index contributed by atoms with van der Waals surface area (Å²) in [7, 11) is 1.74. The lowest BCUT2D eigenvalue weighted by Crippen LogP contribution is -2.37. The molecule has 6 heteroatoms. The zero-order valence-electron chi connectivity index (χ0n) is 17.8. The molecule has 1 aromatic heterocycles. The van der Waals surface area contributed by atoms with E-state index < -0.39 is 0 Å². The van der Waals surface area contributed by atoms with Crippen LogP contribution in [0.1, 0.15) is 47.7 Å². The van der Waals surface area contributed by atoms with Crippen LogP contribution < -0.4 is 4.74 Å². The standard InChI is InChI=1S/C24H27BrN2O3/c1-4-30-24(28)27-9-7-16(8-10-27)22-21-17(11-15(2)12-20(21)29-3)5-6-18-13-19(25)14-26-23(18)22/h11-14H,4-10H2,1-3H3. The highest BCUT2D eigenvalue weighted by atomic mass is 79.9. The minimum Gasteiger partial charge on any atom is -0.496 e. The molecule has 1 amide bonds. The second-order valence-corrected chi connectivity index (χ2v) is 8.74. The quantitative estimate of drug-likeness (QED) is 0.596. The predicted molar refractivity (Wildman–Crippen MR) is 121 cm³/mol. The van der Waals surface area contributed by atoms with Crippen molar-refractivity contribution in [2.75, 3.05) is 26.8 Å². The van der Waals surface area contributed by atoms with E-state index in [-0.39, 0.29) is 6.09 Å². The molecule has 1 aliphatic carbocycles. The lowest BCUT2D eigenvalue weighted by atomic mass is 9.87. The second kappa shape index (κ2) is 8.80. The van der Waals surface area contributed by atoms with Crippen LogP contribution in [0.4, 0.5) is 4.79 Å². The molecule has 0 unspecified atom stereocenters. The third-order valence-corrected chi connectivity index (χ3v) is 6.31. The summed E-state index contributed by atoms with van der Waals surface area (Å²) in [5.41, 5.74) is 8.47. The van der Waals surface area contributed by atoms with Gasteiger partial charge in [0.25, 0.3) is 0 Å². The van der Waals surface area contributed by atoms with Gasteiger partial charge in [0.15, 0.2) is 0 Å². The highest BCUT2D eigenvalue weighted by Gasteiger charge is 2.29. The fourth-order valence-corrected chi connectivity index (χ4v) is 4.90. The number of pyridine rings is 1. The highest BCUT2D eigenvalue weighted by molar-refractivity contribution is 9.10. The Morgan fingerprint density at radius 3 is 2.57 bits per heavy atom. The average molecular weight is 471 g/mol. The molecule has 158 valence electrons. The SMILES string of the molecule is CCOC(=O)N1CCC(=C2c3ncc(Br)cc3CCc3cc(C)cc(OC)c32)CC1. The molecule has 1 saturated heterocycles. The summed E-state index contributed by atoms with van der Waals surface area (Å²) in [6.07, 6.45) is 5.15. The van der Waals surface area contributed by atoms with Gasteiger partial charge in [-0.1, -0.05) is 11.6 Å². The summed E-state index contributed by atoms with van der Waals surface area (Å²) in [6, 6.07) is 6.56. The number of aromatic nitrogens is 1. The monoisotopic (exact) mass is 470 g/mol. The number of rotatable bonds is 2. The number of nitrogens with zero attached hydrogens (tertiary/aromatic N) is 2. The second-order valence-electron chi connectivity index (χ2n) is 7.83. The zero-order valence-corrected chi connectivity index (χ0v) is 19.3. The molecule has 0 radical (unpaired) electrons. The molecule has 2 aromatic rings. The van der Waals surface area contributed by atoms with Crippen LogP contribution >= 0.6 is 15.9 Å². The van der Waals surface area contributed by atoms with Crippen LogP contribution in [0.25, 0.3) is 5.57 Å². The van der Waals surface area contributed by atoms with E-state index in [4.69, 9.17) is 14.5 Å². The number of ether oxygens (including phenoxy) is 2. The van der Waals surface area contributed by atoms with Gasteiger partial charge >= 0.3 is 6.09 Å². The van der Waals surface area contributed by atoms with Gasteiger partial charge in [-0.25, -0.2) is 4.79 Å². The number of fused-ring (bicyclic) bond motifs is 2. The average Bonchev–Trinajstić information content (AvgIpc) is 2.90. The van der Waals surface area contributed by atoms with E-state index in [9.17, 15) is 4.79 Å². The number of aryl methyl sites for hydroxylation is 3. The van der Waals surface area contributed by atoms with Gasteiger partial charge in [-0.15, -0.1) is 0 Å². The highest BCUT2D eigenvalue weighted by Crippen LogP contribution is 2.43. The molecular weight excluding hydrogens is 444 g/mol. The summed E-state index contributed by atoms with van der Waals surface area (Å²) in [5.74, 6) is 0.901. The summed E-state index contributed by atoms with van der Waals surface area (Å²) < 4.78 is 12.0. The number of methoxy groups -OCH3 is 1. The maximum Gasteiger partial charge on any atom is 0.409 e. The van der Waals surface area contributed by atoms with E-state index in [0.717, 1.165) is 47.2 Å². The van der Waals surface area contributed by atoms with Gasteiger partial charge in [0.2, 0.25) is 0 Å². The minimum atomic E-state index is -0.224. The van der Waals surface area contributed by atoms with Gasteiger partial charge in [0.05, 0.1) is 19.4 Å². The molecule has 2 aliphatic rings. The number of hydrogen-bond acceptors (Lipinski definition) is 4. The van der Waals surface area contributed by atoms with Gasteiger partial charge in [-0.05, 0) is 84.3 Å². The Balaban J connectivity index is 1.84. The van der Waals surface area contributed by atoms with Crippen LogP contribution in [0.2, 0.25) is 0 Å². The lowest BCUT2D eigenvalue weighted by Gasteiger charge is -2.30. The van der Waals surface area contributed by atoms with Crippen LogP contribution in [0, 0.1) is 6.92 Å². The number of benzene rings is 1. The van der Waals surface area contributed by atoms with Crippen LogP contribution in [0.5, 0.6) is 5.75 Å². The molecule has 0 atom stereocenters. The number of halogens is 1. The van der Waals surface area contributed by atoms with Crippen molar-refractivity contribution in [1.29, 1.82) is 0 Å². The Hall–Kier alpha value is -2.34. The molecule has 0 N–H and O–H groups in total. The van der Waals surface area contributed by atoms with Gasteiger partial charge in [0.1, 0.15) is 5.75 Å². The minimum absolute atomic E-state index is 0.224. The topological polar surface area (TPSA) is 51.7 Å². The molecule has 1 fully saturated rings. The van der Waals surface area contributed by atoms with Crippen molar-refractivity contribution >= 4 is 27.6 Å². The number of likely N-dealkylation sites (tertiary alicyclic amines) is 1. The Morgan fingerprint density at radius 2 is 1.87 bits per heavy atom. The Kier molecular flexibility index (Phi) is 6.14. The molecule has 1 aromatic carbocycles. The van der Waals surface area contributed by atoms with E-state index in [1.165, 1.54) is 27.8 Å².